The van der Waals surface area contributed by atoms with Gasteiger partial charge in [-0.2, -0.15) is 20.8 Å². The monoisotopic (exact) mass is 327 g/mol. The van der Waals surface area contributed by atoms with E-state index in [1.54, 1.807) is 6.20 Å². The molecule has 1 aromatic rings. The van der Waals surface area contributed by atoms with Gasteiger partial charge in [0.1, 0.15) is 0 Å². The molecule has 0 unspecified atom stereocenters. The van der Waals surface area contributed by atoms with Gasteiger partial charge in [-0.05, 0) is 13.8 Å². The topological polar surface area (TPSA) is 52.0 Å². The van der Waals surface area contributed by atoms with Crippen molar-refractivity contribution in [3.63, 3.8) is 0 Å². The molecule has 0 saturated heterocycles. The Morgan fingerprint density at radius 2 is 1.47 bits per heavy atom. The second-order valence-electron chi connectivity index (χ2n) is 3.60. The van der Waals surface area contributed by atoms with Crippen LogP contribution in [0.15, 0.2) is 18.7 Å². The third kappa shape index (κ3) is 25.4. The molecule has 99 valence electrons. The van der Waals surface area contributed by atoms with Crippen LogP contribution in [0, 0.1) is 5.92 Å². The number of aromatic nitrogens is 2. The van der Waals surface area contributed by atoms with Gasteiger partial charge >= 0.3 is 19.5 Å². The van der Waals surface area contributed by atoms with E-state index in [1.807, 2.05) is 12.5 Å². The van der Waals surface area contributed by atoms with Crippen molar-refractivity contribution < 1.29 is 29.1 Å². The second-order valence-corrected chi connectivity index (χ2v) is 3.60. The first-order valence-electron chi connectivity index (χ1n) is 4.75. The van der Waals surface area contributed by atoms with Crippen molar-refractivity contribution in [1.29, 1.82) is 0 Å². The normalized spacial score (nSPS) is 7.47. The van der Waals surface area contributed by atoms with E-state index in [1.165, 1.54) is 5.92 Å². The number of nitrogens with zero attached hydrogens (tertiary/aromatic N) is 2. The third-order valence-electron chi connectivity index (χ3n) is 1.12. The quantitative estimate of drug-likeness (QED) is 0.453. The predicted octanol–water partition coefficient (Wildman–Crippen LogP) is 2.53. The van der Waals surface area contributed by atoms with Crippen LogP contribution in [0.5, 0.6) is 0 Å². The number of rotatable bonds is 1. The molecule has 0 aliphatic carbocycles. The molecule has 0 amide bonds. The van der Waals surface area contributed by atoms with Crippen molar-refractivity contribution in [3.8, 4) is 0 Å². The van der Waals surface area contributed by atoms with Crippen molar-refractivity contribution in [2.45, 2.75) is 40.7 Å². The van der Waals surface area contributed by atoms with Gasteiger partial charge in [0.25, 0.3) is 0 Å². The number of hydrogen-bond acceptors (Lipinski definition) is 3. The van der Waals surface area contributed by atoms with Crippen molar-refractivity contribution in [2.24, 2.45) is 0 Å². The van der Waals surface area contributed by atoms with Crippen LogP contribution >= 0.6 is 0 Å². The minimum Gasteiger partial charge on any atom is -0.545 e. The molecule has 0 bridgehead atoms. The zero-order chi connectivity index (χ0) is 13.6. The van der Waals surface area contributed by atoms with Crippen molar-refractivity contribution in [1.82, 2.24) is 9.55 Å². The van der Waals surface area contributed by atoms with Crippen LogP contribution in [-0.4, -0.2) is 23.1 Å². The van der Waals surface area contributed by atoms with Gasteiger partial charge in [-0.25, -0.2) is 4.98 Å². The molecule has 0 spiro atoms. The minimum atomic E-state index is 0. The van der Waals surface area contributed by atoms with Crippen LogP contribution in [0.3, 0.4) is 0 Å². The average molecular weight is 326 g/mol. The molecule has 4 nitrogen and oxygen atoms in total. The van der Waals surface area contributed by atoms with Gasteiger partial charge < -0.3 is 20.1 Å². The summed E-state index contributed by atoms with van der Waals surface area (Å²) in [5.74, 6) is 1.42. The molecule has 1 radical (unpaired) electrons. The van der Waals surface area contributed by atoms with E-state index in [2.05, 4.69) is 57.7 Å². The largest absolute Gasteiger partial charge is 3.00 e. The molecule has 0 aliphatic rings. The summed E-state index contributed by atoms with van der Waals surface area (Å²) in [6.07, 6.45) is 5.58. The fourth-order valence-electron chi connectivity index (χ4n) is 0.575. The Morgan fingerprint density at radius 1 is 1.12 bits per heavy atom. The molecular weight excluding hydrogens is 305 g/mol. The summed E-state index contributed by atoms with van der Waals surface area (Å²) < 4.78 is 2.06. The molecule has 0 fully saturated rings. The van der Waals surface area contributed by atoms with E-state index >= 15 is 0 Å². The van der Waals surface area contributed by atoms with E-state index in [4.69, 9.17) is 9.59 Å². The zero-order valence-corrected chi connectivity index (χ0v) is 12.8. The molecule has 5 heteroatoms. The molecular formula is C12H21N2O2Ru. The maximum atomic E-state index is 7.75. The molecule has 0 aromatic carbocycles. The van der Waals surface area contributed by atoms with Crippen LogP contribution in [0.25, 0.3) is 0 Å². The van der Waals surface area contributed by atoms with E-state index in [0.717, 1.165) is 0 Å². The Hall–Kier alpha value is -0.827. The second kappa shape index (κ2) is 20.6. The van der Waals surface area contributed by atoms with E-state index in [0.29, 0.717) is 6.04 Å². The molecule has 1 rings (SSSR count). The summed E-state index contributed by atoms with van der Waals surface area (Å²) in [6.45, 7) is 17.0. The first-order valence-corrected chi connectivity index (χ1v) is 4.75. The molecule has 17 heavy (non-hydrogen) atoms. The summed E-state index contributed by atoms with van der Waals surface area (Å²) >= 11 is 0. The van der Waals surface area contributed by atoms with E-state index in [-0.39, 0.29) is 19.5 Å². The standard InChI is InChI=1S/C6H10N2.C4H9.2CHO.Ru/c1-6(2)8-4-3-7-5-8;1-4(2)3;2*1-2;/h3-6H,1-2H3;1-3H3;2*1H;/q;3*-1;+3. The van der Waals surface area contributed by atoms with Gasteiger partial charge in [0, 0.05) is 18.4 Å². The van der Waals surface area contributed by atoms with Crippen LogP contribution < -0.4 is 0 Å². The molecule has 1 aromatic heterocycles. The minimum absolute atomic E-state index is 0. The van der Waals surface area contributed by atoms with Crippen LogP contribution in [0.4, 0.5) is 0 Å². The summed E-state index contributed by atoms with van der Waals surface area (Å²) in [5, 5.41) is 0. The maximum Gasteiger partial charge on any atom is 3.00 e. The van der Waals surface area contributed by atoms with Gasteiger partial charge in [-0.15, -0.1) is 0 Å². The fourth-order valence-corrected chi connectivity index (χ4v) is 0.575. The maximum absolute atomic E-state index is 7.75. The van der Waals surface area contributed by atoms with E-state index in [9.17, 15) is 0 Å². The summed E-state index contributed by atoms with van der Waals surface area (Å²) in [7, 11) is 0. The number of carbonyl (C=O) groups excluding carboxylic acids is 2. The predicted molar refractivity (Wildman–Crippen MR) is 66.4 cm³/mol. The van der Waals surface area contributed by atoms with E-state index < -0.39 is 0 Å². The van der Waals surface area contributed by atoms with Crippen molar-refractivity contribution in [3.05, 3.63) is 24.6 Å². The van der Waals surface area contributed by atoms with Crippen LogP contribution in [0.1, 0.15) is 40.7 Å². The first-order chi connectivity index (χ1) is 7.54. The Bertz CT molecular complexity index is 210. The zero-order valence-electron chi connectivity index (χ0n) is 11.0. The van der Waals surface area contributed by atoms with Crippen LogP contribution in [0.2, 0.25) is 0 Å². The third-order valence-corrected chi connectivity index (χ3v) is 1.12. The molecule has 0 aliphatic heterocycles. The Balaban J connectivity index is -0.0000000814. The first kappa shape index (κ1) is 25.1. The summed E-state index contributed by atoms with van der Waals surface area (Å²) in [4.78, 5) is 19.4. The number of imidazole rings is 1. The van der Waals surface area contributed by atoms with Crippen molar-refractivity contribution >= 4 is 13.6 Å². The summed E-state index contributed by atoms with van der Waals surface area (Å²) in [5.41, 5.74) is 0. The van der Waals surface area contributed by atoms with Gasteiger partial charge in [0.15, 0.2) is 0 Å². The average Bonchev–Trinajstić information content (AvgIpc) is 2.76. The Labute approximate surface area is 118 Å². The number of hydrogen-bond donors (Lipinski definition) is 0. The van der Waals surface area contributed by atoms with Gasteiger partial charge in [-0.1, -0.05) is 0 Å². The van der Waals surface area contributed by atoms with Gasteiger partial charge in [0.05, 0.1) is 6.33 Å². The SMILES string of the molecule is CC(C)n1ccnc1.C[C-](C)C.[CH-]=O.[CH-]=O.[Ru+3]. The fraction of sp³-hybridized carbons (Fsp3) is 0.500. The molecule has 1 heterocycles. The smallest absolute Gasteiger partial charge is 0.545 e. The summed E-state index contributed by atoms with van der Waals surface area (Å²) in [6, 6.07) is 0.539. The van der Waals surface area contributed by atoms with Crippen molar-refractivity contribution in [2.75, 3.05) is 0 Å². The van der Waals surface area contributed by atoms with Gasteiger partial charge in [0.2, 0.25) is 0 Å². The molecule has 0 saturated carbocycles. The van der Waals surface area contributed by atoms with Gasteiger partial charge in [-0.3, -0.25) is 13.6 Å². The molecule has 0 atom stereocenters. The Kier molecular flexibility index (Phi) is 30.4. The van der Waals surface area contributed by atoms with Crippen LogP contribution in [-0.2, 0) is 29.1 Å². The Morgan fingerprint density at radius 3 is 1.59 bits per heavy atom. The molecule has 0 N–H and O–H groups in total.